The van der Waals surface area contributed by atoms with Crippen molar-refractivity contribution in [1.29, 1.82) is 0 Å². The number of para-hydroxylation sites is 2. The van der Waals surface area contributed by atoms with Gasteiger partial charge in [0.15, 0.2) is 0 Å². The van der Waals surface area contributed by atoms with E-state index in [1.165, 1.54) is 0 Å². The first-order chi connectivity index (χ1) is 19.3. The van der Waals surface area contributed by atoms with Crippen molar-refractivity contribution >= 4 is 25.3 Å². The lowest BCUT2D eigenvalue weighted by molar-refractivity contribution is 0.457. The summed E-state index contributed by atoms with van der Waals surface area (Å²) in [6.07, 6.45) is 0.00683. The number of phenolic OH excluding ortho intramolecular Hbond substituents is 1. The van der Waals surface area contributed by atoms with E-state index >= 15 is 0 Å². The molecule has 0 bridgehead atoms. The van der Waals surface area contributed by atoms with Crippen LogP contribution >= 0.6 is 14.7 Å². The predicted octanol–water partition coefficient (Wildman–Crippen LogP) is 8.03. The Hall–Kier alpha value is -4.04. The Bertz CT molecular complexity index is 1780. The average molecular weight is 565 g/mol. The lowest BCUT2D eigenvalue weighted by Gasteiger charge is -2.30. The molecule has 2 aliphatic rings. The molecule has 7 rings (SSSR count). The van der Waals surface area contributed by atoms with E-state index in [0.29, 0.717) is 33.2 Å². The number of rotatable bonds is 4. The van der Waals surface area contributed by atoms with Crippen LogP contribution in [0.3, 0.4) is 0 Å². The van der Waals surface area contributed by atoms with Crippen LogP contribution in [0.2, 0.25) is 0 Å². The first kappa shape index (κ1) is 25.0. The minimum Gasteiger partial charge on any atom is -0.507 e. The standard InChI is InChI=1S/C33H26O5P2/c1-22-18-23(20-39(35)31-16-8-4-12-27(31)25-10-2-6-14-29(25)37-39)33(34)24(19-22)21-40(36)32-17-9-5-13-28(32)26-11-3-7-15-30(26)38-40/h2-19,34H,20-21H2,1H3. The summed E-state index contributed by atoms with van der Waals surface area (Å²) < 4.78 is 41.4. The largest absolute Gasteiger partial charge is 0.507 e. The van der Waals surface area contributed by atoms with E-state index in [2.05, 4.69) is 0 Å². The van der Waals surface area contributed by atoms with Crippen LogP contribution in [0.25, 0.3) is 22.3 Å². The summed E-state index contributed by atoms with van der Waals surface area (Å²) in [4.78, 5) is 0. The number of hydrogen-bond acceptors (Lipinski definition) is 5. The lowest BCUT2D eigenvalue weighted by Crippen LogP contribution is -2.20. The molecule has 2 unspecified atom stereocenters. The molecule has 0 saturated carbocycles. The summed E-state index contributed by atoms with van der Waals surface area (Å²) in [5.41, 5.74) is 5.37. The van der Waals surface area contributed by atoms with Crippen molar-refractivity contribution in [2.24, 2.45) is 0 Å². The molecule has 5 aromatic rings. The SMILES string of the molecule is Cc1cc(CP2(=O)Oc3ccccc3-c3ccccc32)c(O)c(CP2(=O)Oc3ccccc3-c3ccccc32)c1. The van der Waals surface area contributed by atoms with Crippen LogP contribution in [0.4, 0.5) is 0 Å². The maximum absolute atomic E-state index is 14.5. The maximum atomic E-state index is 14.5. The summed E-state index contributed by atoms with van der Waals surface area (Å²) in [7, 11) is -6.88. The van der Waals surface area contributed by atoms with Gasteiger partial charge in [0.1, 0.15) is 17.2 Å². The lowest BCUT2D eigenvalue weighted by atomic mass is 10.0. The van der Waals surface area contributed by atoms with Crippen molar-refractivity contribution < 1.29 is 23.3 Å². The first-order valence-electron chi connectivity index (χ1n) is 13.1. The summed E-state index contributed by atoms with van der Waals surface area (Å²) in [6.45, 7) is 1.91. The number of hydrogen-bond donors (Lipinski definition) is 1. The molecule has 1 N–H and O–H groups in total. The number of aryl methyl sites for hydroxylation is 1. The summed E-state index contributed by atoms with van der Waals surface area (Å²) in [6, 6.07) is 33.9. The highest BCUT2D eigenvalue weighted by Gasteiger charge is 2.39. The smallest absolute Gasteiger partial charge is 0.282 e. The fraction of sp³-hybridized carbons (Fsp3) is 0.0909. The topological polar surface area (TPSA) is 72.8 Å². The second kappa shape index (κ2) is 9.27. The van der Waals surface area contributed by atoms with Crippen LogP contribution in [-0.4, -0.2) is 5.11 Å². The minimum absolute atomic E-state index is 0.00341. The van der Waals surface area contributed by atoms with Gasteiger partial charge >= 0.3 is 0 Å². The molecule has 2 heterocycles. The molecule has 0 spiro atoms. The van der Waals surface area contributed by atoms with Gasteiger partial charge in [-0.05, 0) is 42.3 Å². The molecule has 7 heteroatoms. The van der Waals surface area contributed by atoms with Gasteiger partial charge in [-0.1, -0.05) is 90.5 Å². The molecule has 198 valence electrons. The first-order valence-corrected chi connectivity index (χ1v) is 16.7. The highest BCUT2D eigenvalue weighted by atomic mass is 31.2. The van der Waals surface area contributed by atoms with Crippen molar-refractivity contribution in [2.75, 3.05) is 0 Å². The van der Waals surface area contributed by atoms with E-state index < -0.39 is 14.7 Å². The normalized spacial score (nSPS) is 20.2. The van der Waals surface area contributed by atoms with Crippen molar-refractivity contribution in [3.8, 4) is 39.5 Å². The van der Waals surface area contributed by atoms with Crippen molar-refractivity contribution in [2.45, 2.75) is 19.2 Å². The second-order valence-corrected chi connectivity index (χ2v) is 15.0. The Morgan fingerprint density at radius 3 is 1.40 bits per heavy atom. The molecule has 0 aromatic heterocycles. The maximum Gasteiger partial charge on any atom is 0.282 e. The fourth-order valence-corrected chi connectivity index (χ4v) is 10.6. The highest BCUT2D eigenvalue weighted by molar-refractivity contribution is 7.67. The molecule has 0 fully saturated rings. The van der Waals surface area contributed by atoms with Crippen LogP contribution in [0.15, 0.2) is 109 Å². The number of fused-ring (bicyclic) bond motifs is 6. The Labute approximate surface area is 233 Å². The monoisotopic (exact) mass is 564 g/mol. The number of aromatic hydroxyl groups is 1. The summed E-state index contributed by atoms with van der Waals surface area (Å²) >= 11 is 0. The second-order valence-electron chi connectivity index (χ2n) is 10.3. The summed E-state index contributed by atoms with van der Waals surface area (Å²) in [5, 5.41) is 12.8. The van der Waals surface area contributed by atoms with Crippen LogP contribution in [0, 0.1) is 6.92 Å². The van der Waals surface area contributed by atoms with Gasteiger partial charge in [-0.15, -0.1) is 0 Å². The molecule has 2 atom stereocenters. The molecule has 0 saturated heterocycles. The van der Waals surface area contributed by atoms with E-state index in [0.717, 1.165) is 27.8 Å². The minimum atomic E-state index is -3.44. The van der Waals surface area contributed by atoms with Gasteiger partial charge < -0.3 is 14.2 Å². The highest BCUT2D eigenvalue weighted by Crippen LogP contribution is 2.60. The molecule has 5 nitrogen and oxygen atoms in total. The third-order valence-corrected chi connectivity index (χ3v) is 12.3. The third kappa shape index (κ3) is 4.01. The molecule has 2 aliphatic heterocycles. The zero-order valence-corrected chi connectivity index (χ0v) is 23.6. The Kier molecular flexibility index (Phi) is 5.78. The van der Waals surface area contributed by atoms with Crippen LogP contribution in [0.1, 0.15) is 16.7 Å². The van der Waals surface area contributed by atoms with Gasteiger partial charge in [0.25, 0.3) is 14.7 Å². The van der Waals surface area contributed by atoms with E-state index in [9.17, 15) is 14.2 Å². The molecular formula is C33H26O5P2. The Morgan fingerprint density at radius 1 is 0.575 bits per heavy atom. The van der Waals surface area contributed by atoms with E-state index in [4.69, 9.17) is 9.05 Å². The van der Waals surface area contributed by atoms with Gasteiger partial charge in [0, 0.05) is 22.3 Å². The van der Waals surface area contributed by atoms with Gasteiger partial charge in [-0.2, -0.15) is 0 Å². The Balaban J connectivity index is 1.29. The number of phenols is 1. The Morgan fingerprint density at radius 2 is 0.950 bits per heavy atom. The third-order valence-electron chi connectivity index (χ3n) is 7.56. The van der Waals surface area contributed by atoms with Crippen molar-refractivity contribution in [1.82, 2.24) is 0 Å². The van der Waals surface area contributed by atoms with Gasteiger partial charge in [-0.3, -0.25) is 9.13 Å². The van der Waals surface area contributed by atoms with Crippen LogP contribution < -0.4 is 19.7 Å². The van der Waals surface area contributed by atoms with Crippen LogP contribution in [-0.2, 0) is 21.5 Å². The average Bonchev–Trinajstić information content (AvgIpc) is 2.96. The summed E-state index contributed by atoms with van der Waals surface area (Å²) in [5.74, 6) is 1.09. The van der Waals surface area contributed by atoms with Gasteiger partial charge in [0.05, 0.1) is 22.9 Å². The molecule has 0 amide bonds. The van der Waals surface area contributed by atoms with Crippen molar-refractivity contribution in [3.63, 3.8) is 0 Å². The van der Waals surface area contributed by atoms with E-state index in [-0.39, 0.29) is 18.1 Å². The van der Waals surface area contributed by atoms with Gasteiger partial charge in [-0.25, -0.2) is 0 Å². The quantitative estimate of drug-likeness (QED) is 0.224. The zero-order valence-electron chi connectivity index (χ0n) is 21.8. The molecule has 0 aliphatic carbocycles. The molecule has 40 heavy (non-hydrogen) atoms. The molecule has 5 aromatic carbocycles. The zero-order chi connectivity index (χ0) is 27.5. The number of benzene rings is 5. The molecular weight excluding hydrogens is 538 g/mol. The van der Waals surface area contributed by atoms with E-state index in [1.807, 2.05) is 116 Å². The predicted molar refractivity (Wildman–Crippen MR) is 160 cm³/mol. The van der Waals surface area contributed by atoms with E-state index in [1.54, 1.807) is 0 Å². The van der Waals surface area contributed by atoms with Crippen molar-refractivity contribution in [3.05, 3.63) is 126 Å². The van der Waals surface area contributed by atoms with Gasteiger partial charge in [0.2, 0.25) is 0 Å². The fourth-order valence-electron chi connectivity index (χ4n) is 5.81. The molecule has 0 radical (unpaired) electrons. The van der Waals surface area contributed by atoms with Crippen LogP contribution in [0.5, 0.6) is 17.2 Å².